The smallest absolute Gasteiger partial charge is 0.233 e. The lowest BCUT2D eigenvalue weighted by molar-refractivity contribution is 0.816. The minimum Gasteiger partial charge on any atom is -0.368 e. The van der Waals surface area contributed by atoms with Crippen molar-refractivity contribution in [2.45, 2.75) is 13.8 Å². The first kappa shape index (κ1) is 19.3. The molecule has 0 spiro atoms. The largest absolute Gasteiger partial charge is 0.368 e. The van der Waals surface area contributed by atoms with Crippen LogP contribution in [0.4, 0.5) is 23.5 Å². The number of rotatable bonds is 6. The molecule has 9 heteroatoms. The molecule has 5 aromatic rings. The fourth-order valence-electron chi connectivity index (χ4n) is 3.65. The Morgan fingerprint density at radius 3 is 2.68 bits per heavy atom. The van der Waals surface area contributed by atoms with Crippen molar-refractivity contribution in [3.63, 3.8) is 0 Å². The van der Waals surface area contributed by atoms with Crippen LogP contribution in [0.1, 0.15) is 13.8 Å². The molecule has 3 heterocycles. The molecule has 0 unspecified atom stereocenters. The van der Waals surface area contributed by atoms with E-state index in [1.807, 2.05) is 17.2 Å². The topological polar surface area (TPSA) is 109 Å². The number of anilines is 4. The normalized spacial score (nSPS) is 11.3. The maximum atomic E-state index is 5.96. The Morgan fingerprint density at radius 1 is 1.03 bits per heavy atom. The standard InChI is InChI=1S/C22H22N8S/c1-3-30(4-2)22-27-20(23)26-21(28-22)25-15-9-14-12-24-29-19(14)16(11-15)18-10-13-7-5-6-8-17(13)31-18/h5-12H,3-4H2,1-2H3,(H,24,29)(H3,23,25,26,27,28). The van der Waals surface area contributed by atoms with Gasteiger partial charge in [0, 0.05) is 39.3 Å². The number of hydrogen-bond acceptors (Lipinski definition) is 8. The van der Waals surface area contributed by atoms with Crippen molar-refractivity contribution in [2.24, 2.45) is 0 Å². The summed E-state index contributed by atoms with van der Waals surface area (Å²) >= 11 is 1.75. The number of nitrogens with two attached hydrogens (primary N) is 1. The number of thiophene rings is 1. The summed E-state index contributed by atoms with van der Waals surface area (Å²) in [7, 11) is 0. The Hall–Kier alpha value is -3.72. The minimum atomic E-state index is 0.188. The van der Waals surface area contributed by atoms with Crippen molar-refractivity contribution in [3.8, 4) is 10.4 Å². The van der Waals surface area contributed by atoms with Gasteiger partial charge >= 0.3 is 0 Å². The Morgan fingerprint density at radius 2 is 1.87 bits per heavy atom. The summed E-state index contributed by atoms with van der Waals surface area (Å²) in [5.74, 6) is 1.17. The predicted molar refractivity (Wildman–Crippen MR) is 128 cm³/mol. The molecular weight excluding hydrogens is 408 g/mol. The van der Waals surface area contributed by atoms with Gasteiger partial charge in [-0.3, -0.25) is 5.10 Å². The lowest BCUT2D eigenvalue weighted by Crippen LogP contribution is -2.25. The zero-order valence-corrected chi connectivity index (χ0v) is 18.1. The number of hydrogen-bond donors (Lipinski definition) is 3. The first-order valence-electron chi connectivity index (χ1n) is 10.1. The minimum absolute atomic E-state index is 0.188. The lowest BCUT2D eigenvalue weighted by atomic mass is 10.1. The van der Waals surface area contributed by atoms with E-state index < -0.39 is 0 Å². The number of nitrogen functional groups attached to an aromatic ring is 1. The third-order valence-corrected chi connectivity index (χ3v) is 6.33. The third-order valence-electron chi connectivity index (χ3n) is 5.18. The molecule has 31 heavy (non-hydrogen) atoms. The highest BCUT2D eigenvalue weighted by molar-refractivity contribution is 7.22. The summed E-state index contributed by atoms with van der Waals surface area (Å²) < 4.78 is 1.25. The molecule has 4 N–H and O–H groups in total. The number of aromatic amines is 1. The Labute approximate surface area is 183 Å². The highest BCUT2D eigenvalue weighted by Gasteiger charge is 2.14. The van der Waals surface area contributed by atoms with Crippen molar-refractivity contribution in [2.75, 3.05) is 29.0 Å². The van der Waals surface area contributed by atoms with Crippen LogP contribution in [0.25, 0.3) is 31.4 Å². The van der Waals surface area contributed by atoms with E-state index in [9.17, 15) is 0 Å². The average molecular weight is 431 g/mol. The lowest BCUT2D eigenvalue weighted by Gasteiger charge is -2.19. The summed E-state index contributed by atoms with van der Waals surface area (Å²) in [4.78, 5) is 16.3. The molecule has 0 bridgehead atoms. The van der Waals surface area contributed by atoms with Crippen LogP contribution in [0.15, 0.2) is 48.7 Å². The molecule has 0 fully saturated rings. The van der Waals surface area contributed by atoms with E-state index in [1.54, 1.807) is 11.3 Å². The molecule has 0 atom stereocenters. The maximum absolute atomic E-state index is 5.96. The average Bonchev–Trinajstić information content (AvgIpc) is 3.40. The summed E-state index contributed by atoms with van der Waals surface area (Å²) in [6.07, 6.45) is 1.82. The zero-order valence-electron chi connectivity index (χ0n) is 17.3. The van der Waals surface area contributed by atoms with Crippen LogP contribution >= 0.6 is 11.3 Å². The van der Waals surface area contributed by atoms with Crippen molar-refractivity contribution < 1.29 is 0 Å². The van der Waals surface area contributed by atoms with Gasteiger partial charge < -0.3 is 16.0 Å². The number of fused-ring (bicyclic) bond motifs is 2. The molecule has 5 rings (SSSR count). The highest BCUT2D eigenvalue weighted by atomic mass is 32.1. The first-order valence-corrected chi connectivity index (χ1v) is 11.0. The van der Waals surface area contributed by atoms with E-state index in [4.69, 9.17) is 5.73 Å². The van der Waals surface area contributed by atoms with E-state index in [2.05, 4.69) is 80.7 Å². The van der Waals surface area contributed by atoms with Gasteiger partial charge in [-0.25, -0.2) is 0 Å². The second-order valence-corrected chi connectivity index (χ2v) is 8.20. The zero-order chi connectivity index (χ0) is 21.4. The SMILES string of the molecule is CCN(CC)c1nc(N)nc(Nc2cc(-c3cc4ccccc4s3)c3[nH]ncc3c2)n1. The van der Waals surface area contributed by atoms with Gasteiger partial charge in [0.1, 0.15) is 0 Å². The molecule has 156 valence electrons. The second kappa shape index (κ2) is 7.84. The van der Waals surface area contributed by atoms with Gasteiger partial charge in [-0.2, -0.15) is 20.1 Å². The predicted octanol–water partition coefficient (Wildman–Crippen LogP) is 4.80. The molecule has 0 aliphatic rings. The molecule has 2 aromatic carbocycles. The molecule has 0 aliphatic carbocycles. The molecule has 0 saturated heterocycles. The quantitative estimate of drug-likeness (QED) is 0.355. The van der Waals surface area contributed by atoms with E-state index in [1.165, 1.54) is 10.1 Å². The van der Waals surface area contributed by atoms with E-state index in [-0.39, 0.29) is 5.95 Å². The van der Waals surface area contributed by atoms with Gasteiger partial charge in [0.15, 0.2) is 0 Å². The van der Waals surface area contributed by atoms with Crippen molar-refractivity contribution >= 4 is 55.9 Å². The summed E-state index contributed by atoms with van der Waals surface area (Å²) in [5.41, 5.74) is 8.89. The second-order valence-electron chi connectivity index (χ2n) is 7.12. The number of nitrogens with one attached hydrogen (secondary N) is 2. The Balaban J connectivity index is 1.57. The van der Waals surface area contributed by atoms with Crippen LogP contribution in [-0.4, -0.2) is 38.2 Å². The van der Waals surface area contributed by atoms with Gasteiger partial charge in [-0.15, -0.1) is 11.3 Å². The molecule has 0 amide bonds. The Kier molecular flexibility index (Phi) is 4.87. The molecule has 3 aromatic heterocycles. The number of aromatic nitrogens is 5. The fourth-order valence-corrected chi connectivity index (χ4v) is 4.74. The summed E-state index contributed by atoms with van der Waals surface area (Å²) in [5, 5.41) is 12.9. The number of benzene rings is 2. The van der Waals surface area contributed by atoms with Crippen LogP contribution in [0, 0.1) is 0 Å². The number of H-pyrrole nitrogens is 1. The van der Waals surface area contributed by atoms with Crippen LogP contribution in [0.5, 0.6) is 0 Å². The highest BCUT2D eigenvalue weighted by Crippen LogP contribution is 2.38. The molecular formula is C22H22N8S. The summed E-state index contributed by atoms with van der Waals surface area (Å²) in [6, 6.07) is 14.7. The molecule has 0 saturated carbocycles. The Bertz CT molecular complexity index is 1340. The maximum Gasteiger partial charge on any atom is 0.233 e. The fraction of sp³-hybridized carbons (Fsp3) is 0.182. The van der Waals surface area contributed by atoms with E-state index in [0.717, 1.165) is 40.1 Å². The van der Waals surface area contributed by atoms with Gasteiger partial charge in [0.05, 0.1) is 11.7 Å². The van der Waals surface area contributed by atoms with Crippen molar-refractivity contribution in [1.82, 2.24) is 25.1 Å². The van der Waals surface area contributed by atoms with Crippen LogP contribution < -0.4 is 16.0 Å². The molecule has 8 nitrogen and oxygen atoms in total. The summed E-state index contributed by atoms with van der Waals surface area (Å²) in [6.45, 7) is 5.69. The monoisotopic (exact) mass is 430 g/mol. The van der Waals surface area contributed by atoms with E-state index >= 15 is 0 Å². The van der Waals surface area contributed by atoms with Crippen molar-refractivity contribution in [3.05, 3.63) is 48.7 Å². The van der Waals surface area contributed by atoms with Gasteiger partial charge in [0.25, 0.3) is 0 Å². The molecule has 0 aliphatic heterocycles. The van der Waals surface area contributed by atoms with Gasteiger partial charge in [-0.1, -0.05) is 18.2 Å². The van der Waals surface area contributed by atoms with Crippen molar-refractivity contribution in [1.29, 1.82) is 0 Å². The van der Waals surface area contributed by atoms with Gasteiger partial charge in [-0.05, 0) is 43.5 Å². The van der Waals surface area contributed by atoms with Crippen LogP contribution in [-0.2, 0) is 0 Å². The van der Waals surface area contributed by atoms with Crippen LogP contribution in [0.2, 0.25) is 0 Å². The number of nitrogens with zero attached hydrogens (tertiary/aromatic N) is 5. The van der Waals surface area contributed by atoms with E-state index in [0.29, 0.717) is 11.9 Å². The molecule has 0 radical (unpaired) electrons. The first-order chi connectivity index (χ1) is 15.1. The van der Waals surface area contributed by atoms with Crippen LogP contribution in [0.3, 0.4) is 0 Å². The van der Waals surface area contributed by atoms with Gasteiger partial charge in [0.2, 0.25) is 17.8 Å². The third kappa shape index (κ3) is 3.64.